The molecule has 2 aromatic rings. The van der Waals surface area contributed by atoms with E-state index < -0.39 is 10.0 Å². The summed E-state index contributed by atoms with van der Waals surface area (Å²) in [4.78, 5) is 13.6. The minimum Gasteiger partial charge on any atom is -0.323 e. The van der Waals surface area contributed by atoms with Gasteiger partial charge in [0.15, 0.2) is 6.04 Å². The molecule has 0 unspecified atom stereocenters. The van der Waals surface area contributed by atoms with E-state index in [9.17, 15) is 13.2 Å². The standard InChI is InChI=1S/C18H20N4O3S2/c1-14(18(23)20-16-6-3-2-5-15(16)13-19)21-8-10-22(11-9-21)27(24,25)17-7-4-12-26-17/h2-7,12,14H,8-11H2,1H3,(H,20,23)/p+1/t14-/m0/s1. The molecule has 2 heterocycles. The van der Waals surface area contributed by atoms with Crippen LogP contribution >= 0.6 is 11.3 Å². The highest BCUT2D eigenvalue weighted by molar-refractivity contribution is 7.91. The summed E-state index contributed by atoms with van der Waals surface area (Å²) in [7, 11) is -3.44. The molecule has 0 aliphatic carbocycles. The van der Waals surface area contributed by atoms with Gasteiger partial charge in [-0.25, -0.2) is 8.42 Å². The lowest BCUT2D eigenvalue weighted by Crippen LogP contribution is -3.19. The molecule has 1 aromatic carbocycles. The zero-order valence-corrected chi connectivity index (χ0v) is 16.5. The van der Waals surface area contributed by atoms with Crippen molar-refractivity contribution in [3.63, 3.8) is 0 Å². The second kappa shape index (κ2) is 8.19. The van der Waals surface area contributed by atoms with Gasteiger partial charge in [0.25, 0.3) is 15.9 Å². The number of nitrogens with zero attached hydrogens (tertiary/aromatic N) is 2. The van der Waals surface area contributed by atoms with Crippen molar-refractivity contribution in [1.29, 1.82) is 5.26 Å². The van der Waals surface area contributed by atoms with Crippen molar-refractivity contribution in [1.82, 2.24) is 4.31 Å². The predicted octanol–water partition coefficient (Wildman–Crippen LogP) is 0.536. The van der Waals surface area contributed by atoms with Gasteiger partial charge in [-0.3, -0.25) is 4.79 Å². The monoisotopic (exact) mass is 405 g/mol. The highest BCUT2D eigenvalue weighted by Gasteiger charge is 2.34. The first-order valence-corrected chi connectivity index (χ1v) is 10.9. The first kappa shape index (κ1) is 19.5. The molecule has 0 bridgehead atoms. The Labute approximate surface area is 162 Å². The smallest absolute Gasteiger partial charge is 0.282 e. The SMILES string of the molecule is C[C@@H](C(=O)Nc1ccccc1C#N)[NH+]1CCN(S(=O)(=O)c2cccs2)CC1. The Kier molecular flexibility index (Phi) is 5.92. The largest absolute Gasteiger partial charge is 0.323 e. The number of amides is 1. The quantitative estimate of drug-likeness (QED) is 0.759. The Balaban J connectivity index is 1.61. The van der Waals surface area contributed by atoms with E-state index in [1.165, 1.54) is 15.6 Å². The number of nitriles is 1. The summed E-state index contributed by atoms with van der Waals surface area (Å²) in [5, 5.41) is 13.7. The van der Waals surface area contributed by atoms with E-state index in [-0.39, 0.29) is 11.9 Å². The number of para-hydroxylation sites is 1. The van der Waals surface area contributed by atoms with Gasteiger partial charge in [-0.2, -0.15) is 9.57 Å². The maximum Gasteiger partial charge on any atom is 0.282 e. The minimum atomic E-state index is -3.44. The van der Waals surface area contributed by atoms with E-state index in [1.54, 1.807) is 41.8 Å². The van der Waals surface area contributed by atoms with Crippen molar-refractivity contribution >= 4 is 33.0 Å². The van der Waals surface area contributed by atoms with Gasteiger partial charge in [-0.1, -0.05) is 18.2 Å². The van der Waals surface area contributed by atoms with E-state index in [2.05, 4.69) is 11.4 Å². The van der Waals surface area contributed by atoms with Crippen LogP contribution in [0.5, 0.6) is 0 Å². The number of carbonyl (C=O) groups excluding carboxylic acids is 1. The van der Waals surface area contributed by atoms with E-state index in [0.717, 1.165) is 4.90 Å². The van der Waals surface area contributed by atoms with Crippen molar-refractivity contribution in [2.24, 2.45) is 0 Å². The average Bonchev–Trinajstić information content (AvgIpc) is 3.23. The van der Waals surface area contributed by atoms with Crippen LogP contribution < -0.4 is 10.2 Å². The summed E-state index contributed by atoms with van der Waals surface area (Å²) in [5.74, 6) is -0.178. The van der Waals surface area contributed by atoms with Gasteiger partial charge in [0.2, 0.25) is 0 Å². The molecule has 1 atom stereocenters. The van der Waals surface area contributed by atoms with Crippen molar-refractivity contribution in [2.75, 3.05) is 31.5 Å². The molecule has 2 N–H and O–H groups in total. The summed E-state index contributed by atoms with van der Waals surface area (Å²) in [5.41, 5.74) is 0.912. The molecule has 142 valence electrons. The fourth-order valence-electron chi connectivity index (χ4n) is 3.10. The number of anilines is 1. The lowest BCUT2D eigenvalue weighted by Gasteiger charge is -2.33. The Morgan fingerprint density at radius 3 is 2.59 bits per heavy atom. The molecule has 0 radical (unpaired) electrons. The van der Waals surface area contributed by atoms with Gasteiger partial charge in [0.05, 0.1) is 37.4 Å². The Bertz CT molecular complexity index is 943. The summed E-state index contributed by atoms with van der Waals surface area (Å²) in [6, 6.07) is 11.9. The van der Waals surface area contributed by atoms with Gasteiger partial charge < -0.3 is 10.2 Å². The summed E-state index contributed by atoms with van der Waals surface area (Å²) >= 11 is 1.21. The second-order valence-electron chi connectivity index (χ2n) is 6.36. The number of hydrogen-bond acceptors (Lipinski definition) is 5. The van der Waals surface area contributed by atoms with Crippen LogP contribution in [0, 0.1) is 11.3 Å². The van der Waals surface area contributed by atoms with E-state index in [1.807, 2.05) is 6.92 Å². The number of hydrogen-bond donors (Lipinski definition) is 2. The van der Waals surface area contributed by atoms with Crippen LogP contribution in [0.2, 0.25) is 0 Å². The van der Waals surface area contributed by atoms with Gasteiger partial charge >= 0.3 is 0 Å². The fourth-order valence-corrected chi connectivity index (χ4v) is 5.69. The molecular formula is C18H21N4O3S2+. The molecule has 27 heavy (non-hydrogen) atoms. The molecule has 1 aliphatic rings. The molecule has 0 spiro atoms. The predicted molar refractivity (Wildman–Crippen MR) is 103 cm³/mol. The van der Waals surface area contributed by atoms with Gasteiger partial charge in [-0.15, -0.1) is 11.3 Å². The molecule has 1 saturated heterocycles. The molecule has 1 fully saturated rings. The van der Waals surface area contributed by atoms with Gasteiger partial charge in [0.1, 0.15) is 10.3 Å². The van der Waals surface area contributed by atoms with Crippen LogP contribution in [-0.2, 0) is 14.8 Å². The van der Waals surface area contributed by atoms with Crippen molar-refractivity contribution in [3.05, 3.63) is 47.3 Å². The number of nitrogens with one attached hydrogen (secondary N) is 2. The zero-order chi connectivity index (χ0) is 19.4. The highest BCUT2D eigenvalue weighted by Crippen LogP contribution is 2.20. The van der Waals surface area contributed by atoms with E-state index >= 15 is 0 Å². The summed E-state index contributed by atoms with van der Waals surface area (Å²) < 4.78 is 27.0. The number of sulfonamides is 1. The molecule has 1 amide bonds. The number of thiophene rings is 1. The molecule has 3 rings (SSSR count). The molecule has 1 aliphatic heterocycles. The number of piperazine rings is 1. The summed E-state index contributed by atoms with van der Waals surface area (Å²) in [6.07, 6.45) is 0. The third-order valence-electron chi connectivity index (χ3n) is 4.76. The molecule has 0 saturated carbocycles. The van der Waals surface area contributed by atoms with Crippen LogP contribution in [0.25, 0.3) is 0 Å². The fraction of sp³-hybridized carbons (Fsp3) is 0.333. The first-order valence-electron chi connectivity index (χ1n) is 8.61. The van der Waals surface area contributed by atoms with Crippen molar-refractivity contribution in [2.45, 2.75) is 17.2 Å². The second-order valence-corrected chi connectivity index (χ2v) is 9.48. The van der Waals surface area contributed by atoms with Gasteiger partial charge in [-0.05, 0) is 30.5 Å². The molecule has 7 nitrogen and oxygen atoms in total. The average molecular weight is 406 g/mol. The summed E-state index contributed by atoms with van der Waals surface area (Å²) in [6.45, 7) is 3.69. The normalized spacial score (nSPS) is 17.2. The Morgan fingerprint density at radius 1 is 1.26 bits per heavy atom. The van der Waals surface area contributed by atoms with Crippen LogP contribution in [-0.4, -0.2) is 50.9 Å². The molecular weight excluding hydrogens is 384 g/mol. The van der Waals surface area contributed by atoms with Crippen LogP contribution in [0.3, 0.4) is 0 Å². The number of carbonyl (C=O) groups is 1. The highest BCUT2D eigenvalue weighted by atomic mass is 32.2. The van der Waals surface area contributed by atoms with Crippen molar-refractivity contribution in [3.8, 4) is 6.07 Å². The van der Waals surface area contributed by atoms with Crippen LogP contribution in [0.1, 0.15) is 12.5 Å². The third-order valence-corrected chi connectivity index (χ3v) is 8.04. The number of quaternary nitrogens is 1. The van der Waals surface area contributed by atoms with Gasteiger partial charge in [0, 0.05) is 0 Å². The number of rotatable bonds is 5. The van der Waals surface area contributed by atoms with Crippen LogP contribution in [0.4, 0.5) is 5.69 Å². The first-order chi connectivity index (χ1) is 12.9. The maximum atomic E-state index is 12.6. The van der Waals surface area contributed by atoms with Crippen molar-refractivity contribution < 1.29 is 18.1 Å². The van der Waals surface area contributed by atoms with E-state index in [4.69, 9.17) is 5.26 Å². The zero-order valence-electron chi connectivity index (χ0n) is 14.9. The lowest BCUT2D eigenvalue weighted by molar-refractivity contribution is -0.917. The maximum absolute atomic E-state index is 12.6. The van der Waals surface area contributed by atoms with E-state index in [0.29, 0.717) is 41.6 Å². The minimum absolute atomic E-state index is 0.178. The number of benzene rings is 1. The topological polar surface area (TPSA) is 94.7 Å². The third kappa shape index (κ3) is 4.20. The Hall–Kier alpha value is -2.25. The van der Waals surface area contributed by atoms with Crippen LogP contribution in [0.15, 0.2) is 46.0 Å². The Morgan fingerprint density at radius 2 is 1.96 bits per heavy atom. The molecule has 9 heteroatoms. The molecule has 1 aromatic heterocycles. The lowest BCUT2D eigenvalue weighted by atomic mass is 10.1.